The van der Waals surface area contributed by atoms with Crippen LogP contribution >= 0.6 is 48.0 Å². The van der Waals surface area contributed by atoms with Crippen LogP contribution < -0.4 is 0 Å². The van der Waals surface area contributed by atoms with Crippen LogP contribution in [0.1, 0.15) is 124 Å². The molecule has 0 radical (unpaired) electrons. The van der Waals surface area contributed by atoms with Gasteiger partial charge in [-0.2, -0.15) is 0 Å². The molecule has 0 spiro atoms. The number of allylic oxidation sites excluding steroid dienone is 4. The van der Waals surface area contributed by atoms with Gasteiger partial charge in [0.15, 0.2) is 0 Å². The molecule has 0 fully saturated rings. The molecule has 0 saturated heterocycles. The summed E-state index contributed by atoms with van der Waals surface area (Å²) < 4.78 is 0. The molecule has 0 aromatic heterocycles. The van der Waals surface area contributed by atoms with E-state index in [0.29, 0.717) is 32.5 Å². The Hall–Kier alpha value is 0.940. The Labute approximate surface area is 227 Å². The predicted molar refractivity (Wildman–Crippen MR) is 164 cm³/mol. The van der Waals surface area contributed by atoms with E-state index in [1.54, 1.807) is 0 Å². The van der Waals surface area contributed by atoms with Crippen LogP contribution in [0.2, 0.25) is 0 Å². The molecule has 0 aromatic rings. The van der Waals surface area contributed by atoms with Gasteiger partial charge in [-0.15, -0.1) is 48.0 Å². The van der Waals surface area contributed by atoms with Crippen molar-refractivity contribution >= 4 is 48.0 Å². The first-order valence-electron chi connectivity index (χ1n) is 11.9. The fraction of sp³-hybridized carbons (Fsp3) is 0.857. The first-order valence-corrected chi connectivity index (χ1v) is 11.9. The molecule has 2 rings (SSSR count). The molecule has 0 aromatic carbocycles. The Morgan fingerprint density at radius 2 is 0.667 bits per heavy atom. The molecular weight excluding hydrogens is 590 g/mol. The molecule has 0 aliphatic heterocycles. The molecule has 0 saturated carbocycles. The minimum atomic E-state index is 0. The van der Waals surface area contributed by atoms with Crippen molar-refractivity contribution in [2.24, 2.45) is 32.5 Å². The second-order valence-corrected chi connectivity index (χ2v) is 10.9. The monoisotopic (exact) mass is 648 g/mol. The third kappa shape index (κ3) is 6.97. The molecule has 0 N–H and O–H groups in total. The van der Waals surface area contributed by atoms with Gasteiger partial charge >= 0.3 is 0 Å². The van der Waals surface area contributed by atoms with E-state index >= 15 is 0 Å². The topological polar surface area (TPSA) is 0 Å². The van der Waals surface area contributed by atoms with Crippen LogP contribution in [0.4, 0.5) is 0 Å². The van der Waals surface area contributed by atoms with Gasteiger partial charge in [0.2, 0.25) is 0 Å². The van der Waals surface area contributed by atoms with Gasteiger partial charge in [-0.05, 0) is 45.3 Å². The first-order chi connectivity index (χ1) is 12.5. The Kier molecular flexibility index (Phi) is 17.3. The normalized spacial score (nSPS) is 23.7. The second-order valence-electron chi connectivity index (χ2n) is 10.9. The highest BCUT2D eigenvalue weighted by Gasteiger charge is 2.52. The minimum absolute atomic E-state index is 0. The third-order valence-corrected chi connectivity index (χ3v) is 9.07. The largest absolute Gasteiger partial charge is 0.107 e. The quantitative estimate of drug-likeness (QED) is 0.207. The Balaban J connectivity index is -0.000000184. The maximum Gasteiger partial charge on any atom is -0.00641 e. The molecule has 0 bridgehead atoms. The molecule has 184 valence electrons. The molecule has 0 nitrogen and oxygen atoms in total. The fourth-order valence-electron chi connectivity index (χ4n) is 4.46. The summed E-state index contributed by atoms with van der Waals surface area (Å²) in [5.74, 6) is 0. The fourth-order valence-corrected chi connectivity index (χ4v) is 4.46. The van der Waals surface area contributed by atoms with Gasteiger partial charge in [0.25, 0.3) is 0 Å². The standard InChI is InChI=1S/C13H24.C11H20.2C2H6.2HI/c1-7-13(8-2)10-9-11(3,4)12(13,5)6;1-9(2)7-8-10(3,4)11(9,5)6;2*1-2;;/h9-10H,7-8H2,1-6H3;7-8H,1-6H3;2*1-2H3;2*1H. The van der Waals surface area contributed by atoms with Crippen LogP contribution in [0.5, 0.6) is 0 Å². The van der Waals surface area contributed by atoms with Gasteiger partial charge in [0, 0.05) is 0 Å². The highest BCUT2D eigenvalue weighted by molar-refractivity contribution is 14.0. The van der Waals surface area contributed by atoms with E-state index in [-0.39, 0.29) is 48.0 Å². The predicted octanol–water partition coefficient (Wildman–Crippen LogP) is 11.3. The smallest absolute Gasteiger partial charge is 0.00641 e. The zero-order valence-corrected chi connectivity index (χ0v) is 28.2. The SMILES string of the molecule is CC.CC.CC1(C)C=CC(C)(C)C1(C)C.CCC1(CC)C=CC(C)(C)C1(C)C.I.I. The number of halogens is 2. The van der Waals surface area contributed by atoms with Crippen molar-refractivity contribution in [1.82, 2.24) is 0 Å². The summed E-state index contributed by atoms with van der Waals surface area (Å²) in [6, 6.07) is 0. The van der Waals surface area contributed by atoms with E-state index in [2.05, 4.69) is 107 Å². The van der Waals surface area contributed by atoms with E-state index in [1.165, 1.54) is 12.8 Å². The van der Waals surface area contributed by atoms with E-state index in [9.17, 15) is 0 Å². The molecule has 0 amide bonds. The number of hydrogen-bond acceptors (Lipinski definition) is 0. The summed E-state index contributed by atoms with van der Waals surface area (Å²) in [5, 5.41) is 0. The maximum atomic E-state index is 2.47. The lowest BCUT2D eigenvalue weighted by molar-refractivity contribution is 0.0379. The average Bonchev–Trinajstić information content (AvgIpc) is 2.91. The number of hydrogen-bond donors (Lipinski definition) is 0. The van der Waals surface area contributed by atoms with E-state index in [0.717, 1.165) is 0 Å². The van der Waals surface area contributed by atoms with Crippen LogP contribution in [0.25, 0.3) is 0 Å². The van der Waals surface area contributed by atoms with E-state index in [1.807, 2.05) is 27.7 Å². The highest BCUT2D eigenvalue weighted by atomic mass is 127. The Bertz CT molecular complexity index is 493. The molecule has 0 atom stereocenters. The van der Waals surface area contributed by atoms with Gasteiger partial charge < -0.3 is 0 Å². The van der Waals surface area contributed by atoms with Crippen LogP contribution in [-0.4, -0.2) is 0 Å². The highest BCUT2D eigenvalue weighted by Crippen LogP contribution is 2.61. The van der Waals surface area contributed by atoms with Crippen LogP contribution in [0.3, 0.4) is 0 Å². The molecule has 0 unspecified atom stereocenters. The Morgan fingerprint density at radius 1 is 0.433 bits per heavy atom. The van der Waals surface area contributed by atoms with Crippen molar-refractivity contribution in [3.8, 4) is 0 Å². The van der Waals surface area contributed by atoms with Gasteiger partial charge in [-0.3, -0.25) is 0 Å². The molecule has 2 heteroatoms. The summed E-state index contributed by atoms with van der Waals surface area (Å²) in [7, 11) is 0. The lowest BCUT2D eigenvalue weighted by Crippen LogP contribution is -2.40. The van der Waals surface area contributed by atoms with Crippen molar-refractivity contribution in [2.45, 2.75) is 124 Å². The van der Waals surface area contributed by atoms with Crippen molar-refractivity contribution in [1.29, 1.82) is 0 Å². The zero-order valence-electron chi connectivity index (χ0n) is 23.5. The van der Waals surface area contributed by atoms with Crippen molar-refractivity contribution in [2.75, 3.05) is 0 Å². The van der Waals surface area contributed by atoms with E-state index in [4.69, 9.17) is 0 Å². The van der Waals surface area contributed by atoms with Gasteiger partial charge in [0.1, 0.15) is 0 Å². The average molecular weight is 649 g/mol. The number of rotatable bonds is 2. The van der Waals surface area contributed by atoms with Gasteiger partial charge in [-0.1, -0.05) is 135 Å². The summed E-state index contributed by atoms with van der Waals surface area (Å²) in [6.07, 6.45) is 12.1. The molecule has 2 aliphatic rings. The maximum absolute atomic E-state index is 2.47. The molecular formula is C28H58I2. The van der Waals surface area contributed by atoms with Crippen molar-refractivity contribution in [3.05, 3.63) is 24.3 Å². The minimum Gasteiger partial charge on any atom is -0.107 e. The van der Waals surface area contributed by atoms with Gasteiger partial charge in [0.05, 0.1) is 0 Å². The van der Waals surface area contributed by atoms with Crippen molar-refractivity contribution < 1.29 is 0 Å². The third-order valence-electron chi connectivity index (χ3n) is 9.07. The summed E-state index contributed by atoms with van der Waals surface area (Å²) in [5.41, 5.74) is 2.23. The first kappa shape index (κ1) is 38.2. The summed E-state index contributed by atoms with van der Waals surface area (Å²) in [4.78, 5) is 0. The zero-order chi connectivity index (χ0) is 23.2. The van der Waals surface area contributed by atoms with Crippen molar-refractivity contribution in [3.63, 3.8) is 0 Å². The molecule has 0 heterocycles. The lowest BCUT2D eigenvalue weighted by atomic mass is 9.56. The summed E-state index contributed by atoms with van der Waals surface area (Å²) in [6.45, 7) is 36.2. The Morgan fingerprint density at radius 3 is 0.767 bits per heavy atom. The van der Waals surface area contributed by atoms with Crippen LogP contribution in [0, 0.1) is 32.5 Å². The lowest BCUT2D eigenvalue weighted by Gasteiger charge is -2.47. The molecule has 2 aliphatic carbocycles. The van der Waals surface area contributed by atoms with Crippen LogP contribution in [0.15, 0.2) is 24.3 Å². The van der Waals surface area contributed by atoms with E-state index < -0.39 is 0 Å². The van der Waals surface area contributed by atoms with Gasteiger partial charge in [-0.25, -0.2) is 0 Å². The van der Waals surface area contributed by atoms with Crippen LogP contribution in [-0.2, 0) is 0 Å². The second kappa shape index (κ2) is 13.6. The summed E-state index contributed by atoms with van der Waals surface area (Å²) >= 11 is 0. The molecule has 30 heavy (non-hydrogen) atoms.